The summed E-state index contributed by atoms with van der Waals surface area (Å²) in [6.45, 7) is 2.34. The second-order valence-electron chi connectivity index (χ2n) is 8.83. The number of para-hydroxylation sites is 1. The average Bonchev–Trinajstić information content (AvgIpc) is 2.91. The molecule has 8 N–H and O–H groups in total. The Balaban J connectivity index is 1.95. The highest BCUT2D eigenvalue weighted by atomic mass is 16.5. The van der Waals surface area contributed by atoms with Crippen molar-refractivity contribution in [3.8, 4) is 0 Å². The van der Waals surface area contributed by atoms with Crippen LogP contribution in [0.2, 0.25) is 0 Å². The van der Waals surface area contributed by atoms with Gasteiger partial charge in [-0.3, -0.25) is 0 Å². The van der Waals surface area contributed by atoms with Gasteiger partial charge in [0.1, 0.15) is 11.4 Å². The molecule has 2 aromatic rings. The molecule has 0 aliphatic carbocycles. The second kappa shape index (κ2) is 8.96. The van der Waals surface area contributed by atoms with Gasteiger partial charge < -0.3 is 37.5 Å². The fraction of sp³-hybridized carbons (Fsp3) is 0.545. The molecule has 4 atom stereocenters. The zero-order valence-corrected chi connectivity index (χ0v) is 18.0. The van der Waals surface area contributed by atoms with Crippen molar-refractivity contribution in [2.24, 2.45) is 22.9 Å². The van der Waals surface area contributed by atoms with Gasteiger partial charge in [0.05, 0.1) is 18.3 Å². The van der Waals surface area contributed by atoms with Gasteiger partial charge in [-0.25, -0.2) is 9.78 Å². The number of rotatable bonds is 3. The number of carbonyl (C=O) groups excluding carboxylic acids is 1. The quantitative estimate of drug-likeness (QED) is 0.502. The zero-order valence-electron chi connectivity index (χ0n) is 18.0. The fourth-order valence-electron chi connectivity index (χ4n) is 4.81. The predicted molar refractivity (Wildman–Crippen MR) is 123 cm³/mol. The van der Waals surface area contributed by atoms with E-state index in [0.29, 0.717) is 37.6 Å². The van der Waals surface area contributed by atoms with Gasteiger partial charge >= 0.3 is 5.97 Å². The van der Waals surface area contributed by atoms with Crippen molar-refractivity contribution in [1.82, 2.24) is 4.98 Å². The second-order valence-corrected chi connectivity index (χ2v) is 8.83. The van der Waals surface area contributed by atoms with E-state index in [1.54, 1.807) is 0 Å². The normalized spacial score (nSPS) is 27.3. The molecule has 4 rings (SSSR count). The van der Waals surface area contributed by atoms with Gasteiger partial charge in [-0.2, -0.15) is 0 Å². The highest BCUT2D eigenvalue weighted by Crippen LogP contribution is 2.38. The van der Waals surface area contributed by atoms with E-state index in [0.717, 1.165) is 35.9 Å². The number of hydrogen-bond donors (Lipinski definition) is 4. The zero-order chi connectivity index (χ0) is 22.1. The Kier molecular flexibility index (Phi) is 6.29. The molecule has 0 spiro atoms. The van der Waals surface area contributed by atoms with Crippen LogP contribution in [0.3, 0.4) is 0 Å². The first kappa shape index (κ1) is 21.8. The molecule has 2 saturated heterocycles. The number of aromatic nitrogens is 1. The smallest absolute Gasteiger partial charge is 0.343 e. The molecular weight excluding hydrogens is 394 g/mol. The Hall–Kier alpha value is -2.46. The molecular formula is C22H33N7O2. The molecule has 2 fully saturated rings. The molecule has 0 bridgehead atoms. The third kappa shape index (κ3) is 4.45. The van der Waals surface area contributed by atoms with E-state index in [1.165, 1.54) is 7.11 Å². The molecule has 3 heterocycles. The maximum atomic E-state index is 13.2. The summed E-state index contributed by atoms with van der Waals surface area (Å²) in [5.41, 5.74) is 27.2. The summed E-state index contributed by atoms with van der Waals surface area (Å²) in [4.78, 5) is 22.2. The van der Waals surface area contributed by atoms with Gasteiger partial charge in [0.15, 0.2) is 0 Å². The van der Waals surface area contributed by atoms with Crippen LogP contribution in [-0.4, -0.2) is 68.4 Å². The summed E-state index contributed by atoms with van der Waals surface area (Å²) in [7, 11) is 1.39. The minimum atomic E-state index is -0.442. The van der Waals surface area contributed by atoms with Gasteiger partial charge in [0, 0.05) is 55.7 Å². The number of ether oxygens (including phenoxy) is 1. The number of anilines is 2. The van der Waals surface area contributed by atoms with Crippen LogP contribution in [0.15, 0.2) is 24.3 Å². The molecule has 0 saturated carbocycles. The summed E-state index contributed by atoms with van der Waals surface area (Å²) < 4.78 is 5.23. The Labute approximate surface area is 182 Å². The third-order valence-electron chi connectivity index (χ3n) is 6.18. The highest BCUT2D eigenvalue weighted by molar-refractivity contribution is 6.09. The standard InChI is InChI=1S/C22H33N7O2/c1-31-22(30)19-20(28-11-15(25)8-16(26)12-28)17-4-2-3-5-18(17)27-21(19)29-9-13(23)6-7-14(24)10-29/h2-5,13-16H,6-12,23-26H2,1H3. The van der Waals surface area contributed by atoms with Gasteiger partial charge in [-0.15, -0.1) is 0 Å². The Bertz CT molecular complexity index is 931. The lowest BCUT2D eigenvalue weighted by Gasteiger charge is -2.38. The summed E-state index contributed by atoms with van der Waals surface area (Å²) in [5, 5.41) is 0.872. The number of nitrogens with two attached hydrogens (primary N) is 4. The van der Waals surface area contributed by atoms with E-state index in [-0.39, 0.29) is 24.2 Å². The minimum Gasteiger partial charge on any atom is -0.465 e. The van der Waals surface area contributed by atoms with Crippen molar-refractivity contribution in [3.05, 3.63) is 29.8 Å². The lowest BCUT2D eigenvalue weighted by atomic mass is 9.98. The van der Waals surface area contributed by atoms with Crippen molar-refractivity contribution >= 4 is 28.4 Å². The molecule has 1 aromatic carbocycles. The highest BCUT2D eigenvalue weighted by Gasteiger charge is 2.33. The lowest BCUT2D eigenvalue weighted by Crippen LogP contribution is -2.53. The molecule has 2 aliphatic rings. The SMILES string of the molecule is COC(=O)c1c(N2CC(N)CCC(N)C2)nc2ccccc2c1N1CC(N)CC(N)C1. The van der Waals surface area contributed by atoms with Crippen LogP contribution in [-0.2, 0) is 4.74 Å². The van der Waals surface area contributed by atoms with E-state index in [4.69, 9.17) is 32.7 Å². The van der Waals surface area contributed by atoms with Crippen molar-refractivity contribution in [1.29, 1.82) is 0 Å². The predicted octanol–water partition coefficient (Wildman–Crippen LogP) is 0.141. The van der Waals surface area contributed by atoms with E-state index in [9.17, 15) is 4.79 Å². The number of methoxy groups -OCH3 is 1. The number of carbonyl (C=O) groups is 1. The number of nitrogens with zero attached hydrogens (tertiary/aromatic N) is 3. The molecule has 1 aromatic heterocycles. The van der Waals surface area contributed by atoms with Crippen LogP contribution < -0.4 is 32.7 Å². The topological polar surface area (TPSA) is 150 Å². The summed E-state index contributed by atoms with van der Waals surface area (Å²) in [5.74, 6) is 0.114. The van der Waals surface area contributed by atoms with E-state index in [2.05, 4.69) is 4.90 Å². The third-order valence-corrected chi connectivity index (χ3v) is 6.18. The monoisotopic (exact) mass is 427 g/mol. The van der Waals surface area contributed by atoms with E-state index < -0.39 is 5.97 Å². The van der Waals surface area contributed by atoms with Crippen molar-refractivity contribution in [2.75, 3.05) is 43.1 Å². The van der Waals surface area contributed by atoms with Crippen LogP contribution in [0.25, 0.3) is 10.9 Å². The number of piperidine rings is 1. The first-order valence-electron chi connectivity index (χ1n) is 10.9. The molecule has 9 nitrogen and oxygen atoms in total. The van der Waals surface area contributed by atoms with Crippen LogP contribution in [0, 0.1) is 0 Å². The van der Waals surface area contributed by atoms with Crippen molar-refractivity contribution in [2.45, 2.75) is 43.4 Å². The summed E-state index contributed by atoms with van der Waals surface area (Å²) >= 11 is 0. The molecule has 2 aliphatic heterocycles. The largest absolute Gasteiger partial charge is 0.465 e. The average molecular weight is 428 g/mol. The van der Waals surface area contributed by atoms with Gasteiger partial charge in [-0.1, -0.05) is 18.2 Å². The Morgan fingerprint density at radius 1 is 0.935 bits per heavy atom. The first-order chi connectivity index (χ1) is 14.9. The Morgan fingerprint density at radius 3 is 2.13 bits per heavy atom. The molecule has 0 radical (unpaired) electrons. The number of pyridine rings is 1. The van der Waals surface area contributed by atoms with E-state index >= 15 is 0 Å². The maximum Gasteiger partial charge on any atom is 0.343 e. The maximum absolute atomic E-state index is 13.2. The number of hydrogen-bond acceptors (Lipinski definition) is 9. The van der Waals surface area contributed by atoms with Crippen LogP contribution in [0.4, 0.5) is 11.5 Å². The molecule has 31 heavy (non-hydrogen) atoms. The molecule has 9 heteroatoms. The number of esters is 1. The summed E-state index contributed by atoms with van der Waals surface area (Å²) in [6.07, 6.45) is 2.42. The molecule has 0 amide bonds. The molecule has 4 unspecified atom stereocenters. The Morgan fingerprint density at radius 2 is 1.52 bits per heavy atom. The van der Waals surface area contributed by atoms with Gasteiger partial charge in [0.25, 0.3) is 0 Å². The van der Waals surface area contributed by atoms with Crippen molar-refractivity contribution in [3.63, 3.8) is 0 Å². The van der Waals surface area contributed by atoms with Gasteiger partial charge in [0.2, 0.25) is 0 Å². The number of fused-ring (bicyclic) bond motifs is 1. The van der Waals surface area contributed by atoms with Crippen LogP contribution >= 0.6 is 0 Å². The van der Waals surface area contributed by atoms with E-state index in [1.807, 2.05) is 29.2 Å². The number of benzene rings is 1. The van der Waals surface area contributed by atoms with Crippen LogP contribution in [0.1, 0.15) is 29.6 Å². The van der Waals surface area contributed by atoms with Crippen LogP contribution in [0.5, 0.6) is 0 Å². The fourth-order valence-corrected chi connectivity index (χ4v) is 4.81. The van der Waals surface area contributed by atoms with Crippen molar-refractivity contribution < 1.29 is 9.53 Å². The minimum absolute atomic E-state index is 0.0485. The lowest BCUT2D eigenvalue weighted by molar-refractivity contribution is 0.0601. The van der Waals surface area contributed by atoms with Gasteiger partial charge in [-0.05, 0) is 25.3 Å². The molecule has 168 valence electrons. The summed E-state index contributed by atoms with van der Waals surface area (Å²) in [6, 6.07) is 7.54. The first-order valence-corrected chi connectivity index (χ1v) is 10.9.